The van der Waals surface area contributed by atoms with E-state index in [2.05, 4.69) is 47.6 Å². The first-order valence-electron chi connectivity index (χ1n) is 7.86. The molecule has 0 bridgehead atoms. The summed E-state index contributed by atoms with van der Waals surface area (Å²) < 4.78 is 5.43. The number of ether oxygens (including phenoxy) is 1. The number of unbranched alkanes of at least 4 members (excludes halogenated alkanes) is 1. The van der Waals surface area contributed by atoms with E-state index in [0.29, 0.717) is 0 Å². The van der Waals surface area contributed by atoms with Crippen LogP contribution in [0.4, 0.5) is 0 Å². The molecule has 0 saturated carbocycles. The number of nitrogens with one attached hydrogen (secondary N) is 1. The minimum atomic E-state index is 0.0989. The van der Waals surface area contributed by atoms with E-state index in [0.717, 1.165) is 58.2 Å². The van der Waals surface area contributed by atoms with Crippen LogP contribution in [0, 0.1) is 0 Å². The van der Waals surface area contributed by atoms with Crippen LogP contribution < -0.4 is 5.32 Å². The molecule has 1 aliphatic rings. The van der Waals surface area contributed by atoms with Crippen LogP contribution in [0.25, 0.3) is 0 Å². The van der Waals surface area contributed by atoms with E-state index >= 15 is 0 Å². The van der Waals surface area contributed by atoms with E-state index < -0.39 is 0 Å². The summed E-state index contributed by atoms with van der Waals surface area (Å²) in [5.74, 6) is 0.959. The highest BCUT2D eigenvalue weighted by Gasteiger charge is 2.28. The van der Waals surface area contributed by atoms with Crippen molar-refractivity contribution in [2.24, 2.45) is 4.99 Å². The van der Waals surface area contributed by atoms with Crippen LogP contribution in [0.2, 0.25) is 0 Å². The Morgan fingerprint density at radius 3 is 2.67 bits per heavy atom. The summed E-state index contributed by atoms with van der Waals surface area (Å²) in [6, 6.07) is 0. The molecule has 0 amide bonds. The topological polar surface area (TPSA) is 40.1 Å². The molecule has 5 heteroatoms. The third kappa shape index (κ3) is 6.06. The van der Waals surface area contributed by atoms with Gasteiger partial charge in [-0.3, -0.25) is 9.89 Å². The summed E-state index contributed by atoms with van der Waals surface area (Å²) >= 11 is 0. The van der Waals surface area contributed by atoms with E-state index in [9.17, 15) is 0 Å². The van der Waals surface area contributed by atoms with Crippen LogP contribution in [-0.4, -0.2) is 74.8 Å². The predicted molar refractivity (Wildman–Crippen MR) is 89.9 cm³/mol. The zero-order valence-electron chi connectivity index (χ0n) is 14.2. The molecule has 0 spiro atoms. The molecule has 1 N–H and O–H groups in total. The van der Waals surface area contributed by atoms with E-state index in [4.69, 9.17) is 4.74 Å². The van der Waals surface area contributed by atoms with Crippen LogP contribution in [0.15, 0.2) is 17.6 Å². The summed E-state index contributed by atoms with van der Waals surface area (Å²) in [5.41, 5.74) is 0.0989. The standard InChI is InChI=1S/C16H32N4O/c1-6-7-8-9-19(5)15(17-4)18-14-16(2,3)20-10-12-21-13-11-20/h6H,1,7-14H2,2-5H3,(H,17,18). The molecule has 1 saturated heterocycles. The molecule has 0 aliphatic carbocycles. The fourth-order valence-electron chi connectivity index (χ4n) is 2.54. The number of guanidine groups is 1. The zero-order valence-corrected chi connectivity index (χ0v) is 14.2. The molecule has 1 heterocycles. The van der Waals surface area contributed by atoms with E-state index in [1.807, 2.05) is 13.1 Å². The predicted octanol–water partition coefficient (Wildman–Crippen LogP) is 1.57. The van der Waals surface area contributed by atoms with Crippen molar-refractivity contribution in [3.05, 3.63) is 12.7 Å². The SMILES string of the molecule is C=CCCCN(C)C(=NC)NCC(C)(C)N1CCOCC1. The van der Waals surface area contributed by atoms with Gasteiger partial charge in [-0.1, -0.05) is 6.08 Å². The van der Waals surface area contributed by atoms with Gasteiger partial charge in [0.05, 0.1) is 13.2 Å². The first kappa shape index (κ1) is 18.0. The molecule has 5 nitrogen and oxygen atoms in total. The lowest BCUT2D eigenvalue weighted by molar-refractivity contribution is -0.00846. The average Bonchev–Trinajstić information content (AvgIpc) is 2.49. The lowest BCUT2D eigenvalue weighted by Gasteiger charge is -2.41. The quantitative estimate of drug-likeness (QED) is 0.335. The number of morpholine rings is 1. The van der Waals surface area contributed by atoms with Crippen molar-refractivity contribution < 1.29 is 4.74 Å². The molecule has 0 aromatic rings. The highest BCUT2D eigenvalue weighted by molar-refractivity contribution is 5.79. The van der Waals surface area contributed by atoms with Crippen molar-refractivity contribution in [1.29, 1.82) is 0 Å². The van der Waals surface area contributed by atoms with Crippen molar-refractivity contribution in [3.8, 4) is 0 Å². The Morgan fingerprint density at radius 2 is 2.10 bits per heavy atom. The molecule has 0 unspecified atom stereocenters. The number of allylic oxidation sites excluding steroid dienone is 1. The van der Waals surface area contributed by atoms with Gasteiger partial charge in [-0.05, 0) is 26.7 Å². The Balaban J connectivity index is 2.43. The molecule has 1 fully saturated rings. The number of rotatable bonds is 7. The Labute approximate surface area is 130 Å². The van der Waals surface area contributed by atoms with E-state index in [1.54, 1.807) is 0 Å². The fraction of sp³-hybridized carbons (Fsp3) is 0.812. The molecule has 21 heavy (non-hydrogen) atoms. The van der Waals surface area contributed by atoms with Crippen LogP contribution in [0.1, 0.15) is 26.7 Å². The van der Waals surface area contributed by atoms with E-state index in [-0.39, 0.29) is 5.54 Å². The minimum absolute atomic E-state index is 0.0989. The Hall–Kier alpha value is -1.07. The van der Waals surface area contributed by atoms with Gasteiger partial charge in [0.25, 0.3) is 0 Å². The molecule has 1 aliphatic heterocycles. The van der Waals surface area contributed by atoms with Crippen molar-refractivity contribution in [3.63, 3.8) is 0 Å². The monoisotopic (exact) mass is 296 g/mol. The third-order valence-electron chi connectivity index (χ3n) is 4.02. The van der Waals surface area contributed by atoms with Gasteiger partial charge < -0.3 is 15.0 Å². The second-order valence-corrected chi connectivity index (χ2v) is 6.17. The number of aliphatic imine (C=N–C) groups is 1. The fourth-order valence-corrected chi connectivity index (χ4v) is 2.54. The smallest absolute Gasteiger partial charge is 0.193 e. The van der Waals surface area contributed by atoms with Gasteiger partial charge >= 0.3 is 0 Å². The van der Waals surface area contributed by atoms with Crippen LogP contribution in [0.3, 0.4) is 0 Å². The summed E-state index contributed by atoms with van der Waals surface area (Å²) in [4.78, 5) is 9.04. The maximum absolute atomic E-state index is 5.43. The molecule has 0 atom stereocenters. The second-order valence-electron chi connectivity index (χ2n) is 6.17. The first-order valence-corrected chi connectivity index (χ1v) is 7.86. The summed E-state index contributed by atoms with van der Waals surface area (Å²) in [6.45, 7) is 13.9. The number of hydrogen-bond acceptors (Lipinski definition) is 3. The highest BCUT2D eigenvalue weighted by Crippen LogP contribution is 2.15. The van der Waals surface area contributed by atoms with Gasteiger partial charge in [0, 0.05) is 45.8 Å². The molecule has 0 aromatic carbocycles. The third-order valence-corrected chi connectivity index (χ3v) is 4.02. The van der Waals surface area contributed by atoms with Gasteiger partial charge in [-0.25, -0.2) is 0 Å². The lowest BCUT2D eigenvalue weighted by atomic mass is 10.0. The van der Waals surface area contributed by atoms with Gasteiger partial charge in [-0.15, -0.1) is 6.58 Å². The largest absolute Gasteiger partial charge is 0.379 e. The van der Waals surface area contributed by atoms with Gasteiger partial charge in [0.2, 0.25) is 0 Å². The molecule has 1 rings (SSSR count). The Bertz CT molecular complexity index is 335. The highest BCUT2D eigenvalue weighted by atomic mass is 16.5. The van der Waals surface area contributed by atoms with Crippen molar-refractivity contribution >= 4 is 5.96 Å². The maximum Gasteiger partial charge on any atom is 0.193 e. The number of hydrogen-bond donors (Lipinski definition) is 1. The Morgan fingerprint density at radius 1 is 1.43 bits per heavy atom. The van der Waals surface area contributed by atoms with Gasteiger partial charge in [0.15, 0.2) is 5.96 Å². The summed E-state index contributed by atoms with van der Waals surface area (Å²) in [6.07, 6.45) is 4.11. The second kappa shape index (κ2) is 9.05. The zero-order chi connectivity index (χ0) is 15.7. The lowest BCUT2D eigenvalue weighted by Crippen LogP contribution is -2.56. The normalized spacial score (nSPS) is 17.6. The Kier molecular flexibility index (Phi) is 7.75. The van der Waals surface area contributed by atoms with Crippen molar-refractivity contribution in [1.82, 2.24) is 15.1 Å². The molecule has 122 valence electrons. The molecule has 0 aromatic heterocycles. The molecule has 0 radical (unpaired) electrons. The van der Waals surface area contributed by atoms with Gasteiger partial charge in [-0.2, -0.15) is 0 Å². The van der Waals surface area contributed by atoms with Crippen LogP contribution >= 0.6 is 0 Å². The van der Waals surface area contributed by atoms with Crippen LogP contribution in [-0.2, 0) is 4.74 Å². The molecular formula is C16H32N4O. The van der Waals surface area contributed by atoms with Crippen molar-refractivity contribution in [2.45, 2.75) is 32.2 Å². The summed E-state index contributed by atoms with van der Waals surface area (Å²) in [5, 5.41) is 3.50. The van der Waals surface area contributed by atoms with Gasteiger partial charge in [0.1, 0.15) is 0 Å². The van der Waals surface area contributed by atoms with Crippen molar-refractivity contribution in [2.75, 3.05) is 53.5 Å². The molecular weight excluding hydrogens is 264 g/mol. The summed E-state index contributed by atoms with van der Waals surface area (Å²) in [7, 11) is 3.92. The van der Waals surface area contributed by atoms with E-state index in [1.165, 1.54) is 0 Å². The number of nitrogens with zero attached hydrogens (tertiary/aromatic N) is 3. The first-order chi connectivity index (χ1) is 10.0. The average molecular weight is 296 g/mol. The minimum Gasteiger partial charge on any atom is -0.379 e. The maximum atomic E-state index is 5.43. The van der Waals surface area contributed by atoms with Crippen LogP contribution in [0.5, 0.6) is 0 Å².